The van der Waals surface area contributed by atoms with Gasteiger partial charge in [-0.05, 0) is 44.9 Å². The summed E-state index contributed by atoms with van der Waals surface area (Å²) in [6.45, 7) is 4.70. The SMILES string of the molecule is Cc1ccc(OC2CCN(S(=O)(=O)c3ccc(C)s3)CC2)nn1. The molecule has 8 heteroatoms. The highest BCUT2D eigenvalue weighted by Crippen LogP contribution is 2.27. The first-order valence-corrected chi connectivity index (χ1v) is 9.74. The highest BCUT2D eigenvalue weighted by Gasteiger charge is 2.31. The normalized spacial score (nSPS) is 17.3. The summed E-state index contributed by atoms with van der Waals surface area (Å²) in [7, 11) is -3.37. The number of sulfonamides is 1. The van der Waals surface area contributed by atoms with Gasteiger partial charge in [0.2, 0.25) is 5.88 Å². The standard InChI is InChI=1S/C15H19N3O3S2/c1-11-3-5-14(17-16-11)21-13-7-9-18(10-8-13)23(19,20)15-6-4-12(2)22-15/h3-6,13H,7-10H2,1-2H3. The maximum Gasteiger partial charge on any atom is 0.252 e. The molecule has 0 atom stereocenters. The maximum absolute atomic E-state index is 12.6. The zero-order valence-corrected chi connectivity index (χ0v) is 14.7. The summed E-state index contributed by atoms with van der Waals surface area (Å²) in [6.07, 6.45) is 1.28. The lowest BCUT2D eigenvalue weighted by atomic mass is 10.1. The Morgan fingerprint density at radius 3 is 2.43 bits per heavy atom. The van der Waals surface area contributed by atoms with Crippen LogP contribution >= 0.6 is 11.3 Å². The molecule has 1 fully saturated rings. The molecule has 1 aliphatic rings. The fourth-order valence-electron chi connectivity index (χ4n) is 2.49. The molecular formula is C15H19N3O3S2. The predicted molar refractivity (Wildman–Crippen MR) is 88.2 cm³/mol. The van der Waals surface area contributed by atoms with Crippen molar-refractivity contribution in [3.05, 3.63) is 34.8 Å². The molecule has 6 nitrogen and oxygen atoms in total. The van der Waals surface area contributed by atoms with Crippen LogP contribution in [0.2, 0.25) is 0 Å². The second-order valence-corrected chi connectivity index (χ2v) is 9.05. The zero-order chi connectivity index (χ0) is 16.4. The number of aryl methyl sites for hydroxylation is 2. The van der Waals surface area contributed by atoms with E-state index < -0.39 is 10.0 Å². The molecule has 3 rings (SSSR count). The Hall–Kier alpha value is -1.51. The molecule has 0 radical (unpaired) electrons. The van der Waals surface area contributed by atoms with E-state index in [1.807, 2.05) is 26.0 Å². The van der Waals surface area contributed by atoms with Gasteiger partial charge >= 0.3 is 0 Å². The van der Waals surface area contributed by atoms with Crippen LogP contribution in [-0.4, -0.2) is 42.1 Å². The largest absolute Gasteiger partial charge is 0.473 e. The summed E-state index contributed by atoms with van der Waals surface area (Å²) in [5.41, 5.74) is 0.838. The fraction of sp³-hybridized carbons (Fsp3) is 0.467. The Labute approximate surface area is 140 Å². The number of ether oxygens (including phenoxy) is 1. The lowest BCUT2D eigenvalue weighted by Gasteiger charge is -2.30. The van der Waals surface area contributed by atoms with Crippen molar-refractivity contribution in [1.82, 2.24) is 14.5 Å². The summed E-state index contributed by atoms with van der Waals surface area (Å²) in [6, 6.07) is 7.16. The topological polar surface area (TPSA) is 72.4 Å². The van der Waals surface area contributed by atoms with Crippen LogP contribution in [0.1, 0.15) is 23.4 Å². The molecule has 0 saturated carbocycles. The Bertz CT molecular complexity index is 764. The van der Waals surface area contributed by atoms with Gasteiger partial charge in [0.05, 0.1) is 5.69 Å². The van der Waals surface area contributed by atoms with E-state index in [9.17, 15) is 8.42 Å². The molecule has 2 aromatic heterocycles. The summed E-state index contributed by atoms with van der Waals surface area (Å²) in [5.74, 6) is 0.491. The lowest BCUT2D eigenvalue weighted by Crippen LogP contribution is -2.41. The molecule has 0 bridgehead atoms. The zero-order valence-electron chi connectivity index (χ0n) is 13.1. The maximum atomic E-state index is 12.6. The van der Waals surface area contributed by atoms with Gasteiger partial charge in [0, 0.05) is 24.0 Å². The van der Waals surface area contributed by atoms with Gasteiger partial charge in [-0.3, -0.25) is 0 Å². The van der Waals surface area contributed by atoms with Crippen molar-refractivity contribution in [2.24, 2.45) is 0 Å². The number of nitrogens with zero attached hydrogens (tertiary/aromatic N) is 3. The quantitative estimate of drug-likeness (QED) is 0.844. The Kier molecular flexibility index (Phi) is 4.65. The van der Waals surface area contributed by atoms with Gasteiger partial charge in [-0.25, -0.2) is 8.42 Å². The molecule has 2 aromatic rings. The molecule has 23 heavy (non-hydrogen) atoms. The minimum Gasteiger partial charge on any atom is -0.473 e. The third-order valence-electron chi connectivity index (χ3n) is 3.77. The first-order valence-electron chi connectivity index (χ1n) is 7.49. The van der Waals surface area contributed by atoms with Gasteiger partial charge in [-0.15, -0.1) is 16.4 Å². The summed E-state index contributed by atoms with van der Waals surface area (Å²) >= 11 is 1.31. The van der Waals surface area contributed by atoms with Crippen molar-refractivity contribution < 1.29 is 13.2 Å². The van der Waals surface area contributed by atoms with Gasteiger partial charge in [-0.1, -0.05) is 0 Å². The molecule has 0 aromatic carbocycles. The van der Waals surface area contributed by atoms with Crippen LogP contribution in [0.5, 0.6) is 5.88 Å². The van der Waals surface area contributed by atoms with Crippen molar-refractivity contribution in [1.29, 1.82) is 0 Å². The molecule has 0 amide bonds. The average molecular weight is 353 g/mol. The van der Waals surface area contributed by atoms with Gasteiger partial charge in [-0.2, -0.15) is 9.40 Å². The van der Waals surface area contributed by atoms with Gasteiger partial charge < -0.3 is 4.74 Å². The van der Waals surface area contributed by atoms with Crippen LogP contribution < -0.4 is 4.74 Å². The lowest BCUT2D eigenvalue weighted by molar-refractivity contribution is 0.128. The average Bonchev–Trinajstić information content (AvgIpc) is 2.98. The minimum absolute atomic E-state index is 0.0245. The number of piperidine rings is 1. The summed E-state index contributed by atoms with van der Waals surface area (Å²) in [4.78, 5) is 1.000. The van der Waals surface area contributed by atoms with E-state index in [1.165, 1.54) is 11.3 Å². The van der Waals surface area contributed by atoms with E-state index in [-0.39, 0.29) is 6.10 Å². The monoisotopic (exact) mass is 353 g/mol. The van der Waals surface area contributed by atoms with Crippen molar-refractivity contribution in [2.75, 3.05) is 13.1 Å². The van der Waals surface area contributed by atoms with Crippen molar-refractivity contribution in [3.63, 3.8) is 0 Å². The second kappa shape index (κ2) is 6.54. The Morgan fingerprint density at radius 1 is 1.13 bits per heavy atom. The van der Waals surface area contributed by atoms with Crippen molar-refractivity contribution >= 4 is 21.4 Å². The predicted octanol–water partition coefficient (Wildman–Crippen LogP) is 2.39. The first kappa shape index (κ1) is 16.4. The van der Waals surface area contributed by atoms with E-state index in [0.717, 1.165) is 10.6 Å². The molecule has 124 valence electrons. The Balaban J connectivity index is 1.61. The molecule has 3 heterocycles. The van der Waals surface area contributed by atoms with Crippen molar-refractivity contribution in [2.45, 2.75) is 37.0 Å². The molecule has 0 aliphatic carbocycles. The van der Waals surface area contributed by atoms with E-state index in [1.54, 1.807) is 16.4 Å². The molecule has 0 unspecified atom stereocenters. The third-order valence-corrected chi connectivity index (χ3v) is 7.14. The van der Waals surface area contributed by atoms with E-state index >= 15 is 0 Å². The summed E-state index contributed by atoms with van der Waals surface area (Å²) < 4.78 is 32.9. The van der Waals surface area contributed by atoms with Gasteiger partial charge in [0.1, 0.15) is 10.3 Å². The molecule has 1 aliphatic heterocycles. The smallest absolute Gasteiger partial charge is 0.252 e. The minimum atomic E-state index is -3.37. The van der Waals surface area contributed by atoms with Crippen LogP contribution in [0.25, 0.3) is 0 Å². The first-order chi connectivity index (χ1) is 10.9. The van der Waals surface area contributed by atoms with Crippen LogP contribution in [0.4, 0.5) is 0 Å². The van der Waals surface area contributed by atoms with Crippen LogP contribution in [0.15, 0.2) is 28.5 Å². The number of thiophene rings is 1. The van der Waals surface area contributed by atoms with E-state index in [0.29, 0.717) is 36.0 Å². The number of hydrogen-bond donors (Lipinski definition) is 0. The summed E-state index contributed by atoms with van der Waals surface area (Å²) in [5, 5.41) is 7.95. The van der Waals surface area contributed by atoms with Gasteiger partial charge in [0.25, 0.3) is 10.0 Å². The molecule has 1 saturated heterocycles. The second-order valence-electron chi connectivity index (χ2n) is 5.60. The number of hydrogen-bond acceptors (Lipinski definition) is 6. The van der Waals surface area contributed by atoms with E-state index in [2.05, 4.69) is 10.2 Å². The number of rotatable bonds is 4. The van der Waals surface area contributed by atoms with E-state index in [4.69, 9.17) is 4.74 Å². The highest BCUT2D eigenvalue weighted by atomic mass is 32.2. The van der Waals surface area contributed by atoms with Crippen LogP contribution in [-0.2, 0) is 10.0 Å². The van der Waals surface area contributed by atoms with Gasteiger partial charge in [0.15, 0.2) is 0 Å². The van der Waals surface area contributed by atoms with Crippen LogP contribution in [0, 0.1) is 13.8 Å². The third kappa shape index (κ3) is 3.70. The molecule has 0 N–H and O–H groups in total. The Morgan fingerprint density at radius 2 is 1.87 bits per heavy atom. The highest BCUT2D eigenvalue weighted by molar-refractivity contribution is 7.91. The molecule has 0 spiro atoms. The number of aromatic nitrogens is 2. The van der Waals surface area contributed by atoms with Crippen LogP contribution in [0.3, 0.4) is 0 Å². The fourth-order valence-corrected chi connectivity index (χ4v) is 5.40. The molecular weight excluding hydrogens is 334 g/mol. The van der Waals surface area contributed by atoms with Crippen molar-refractivity contribution in [3.8, 4) is 5.88 Å².